The number of thiophene rings is 1. The molecular formula is C18H23FN2O3S. The maximum Gasteiger partial charge on any atom is 0.407 e. The molecule has 25 heavy (non-hydrogen) atoms. The van der Waals surface area contributed by atoms with Gasteiger partial charge in [0.15, 0.2) is 0 Å². The number of nitrogens with one attached hydrogen (secondary N) is 2. The van der Waals surface area contributed by atoms with E-state index in [0.29, 0.717) is 29.2 Å². The maximum atomic E-state index is 13.8. The van der Waals surface area contributed by atoms with Gasteiger partial charge in [-0.2, -0.15) is 0 Å². The van der Waals surface area contributed by atoms with E-state index in [2.05, 4.69) is 10.6 Å². The molecule has 136 valence electrons. The summed E-state index contributed by atoms with van der Waals surface area (Å²) in [5, 5.41) is 6.02. The number of carbonyl (C=O) groups excluding carboxylic acids is 2. The summed E-state index contributed by atoms with van der Waals surface area (Å²) in [6.07, 6.45) is 0.214. The molecule has 7 heteroatoms. The molecular weight excluding hydrogens is 343 g/mol. The van der Waals surface area contributed by atoms with Crippen LogP contribution in [0.4, 0.5) is 9.18 Å². The molecule has 2 rings (SSSR count). The van der Waals surface area contributed by atoms with Crippen molar-refractivity contribution in [2.24, 2.45) is 5.92 Å². The van der Waals surface area contributed by atoms with E-state index >= 15 is 0 Å². The van der Waals surface area contributed by atoms with Gasteiger partial charge >= 0.3 is 6.09 Å². The smallest absolute Gasteiger partial charge is 0.407 e. The molecule has 2 N–H and O–H groups in total. The van der Waals surface area contributed by atoms with Gasteiger partial charge in [0, 0.05) is 22.7 Å². The Morgan fingerprint density at radius 2 is 2.08 bits per heavy atom. The van der Waals surface area contributed by atoms with Crippen molar-refractivity contribution in [3.05, 3.63) is 35.0 Å². The fourth-order valence-electron chi connectivity index (χ4n) is 2.54. The molecule has 1 aromatic carbocycles. The van der Waals surface area contributed by atoms with Gasteiger partial charge in [-0.05, 0) is 37.5 Å². The van der Waals surface area contributed by atoms with E-state index in [1.807, 2.05) is 13.8 Å². The van der Waals surface area contributed by atoms with Crippen LogP contribution in [0.3, 0.4) is 0 Å². The third-order valence-corrected chi connectivity index (χ3v) is 4.69. The zero-order valence-electron chi connectivity index (χ0n) is 14.6. The van der Waals surface area contributed by atoms with Crippen LogP contribution in [0.5, 0.6) is 0 Å². The minimum Gasteiger partial charge on any atom is -0.450 e. The Bertz CT molecular complexity index is 745. The number of halogens is 1. The van der Waals surface area contributed by atoms with Crippen molar-refractivity contribution < 1.29 is 18.7 Å². The molecule has 2 aromatic rings. The molecule has 0 spiro atoms. The molecule has 2 amide bonds. The molecule has 5 nitrogen and oxygen atoms in total. The minimum atomic E-state index is -0.494. The Kier molecular flexibility index (Phi) is 6.75. The van der Waals surface area contributed by atoms with E-state index in [-0.39, 0.29) is 24.3 Å². The number of ether oxygens (including phenoxy) is 1. The molecule has 1 aromatic heterocycles. The second-order valence-electron chi connectivity index (χ2n) is 6.16. The lowest BCUT2D eigenvalue weighted by Crippen LogP contribution is -2.44. The SMILES string of the molecule is CCOC(=O)NC(CNC(=O)c1cc2c(F)cccc2s1)CC(C)C. The van der Waals surface area contributed by atoms with Crippen molar-refractivity contribution >= 4 is 33.4 Å². The monoisotopic (exact) mass is 366 g/mol. The van der Waals surface area contributed by atoms with Crippen LogP contribution in [0.25, 0.3) is 10.1 Å². The lowest BCUT2D eigenvalue weighted by Gasteiger charge is -2.20. The van der Waals surface area contributed by atoms with E-state index in [1.54, 1.807) is 25.1 Å². The number of hydrogen-bond donors (Lipinski definition) is 2. The molecule has 0 aliphatic heterocycles. The highest BCUT2D eigenvalue weighted by Crippen LogP contribution is 2.27. The standard InChI is InChI=1S/C18H23FN2O3S/c1-4-24-18(23)21-12(8-11(2)3)10-20-17(22)16-9-13-14(19)6-5-7-15(13)25-16/h5-7,9,11-12H,4,8,10H2,1-3H3,(H,20,22)(H,21,23). The lowest BCUT2D eigenvalue weighted by molar-refractivity contribution is 0.0948. The number of benzene rings is 1. The Balaban J connectivity index is 2.01. The van der Waals surface area contributed by atoms with Crippen molar-refractivity contribution in [1.82, 2.24) is 10.6 Å². The van der Waals surface area contributed by atoms with Gasteiger partial charge in [0.2, 0.25) is 0 Å². The largest absolute Gasteiger partial charge is 0.450 e. The number of amides is 2. The summed E-state index contributed by atoms with van der Waals surface area (Å²) in [6.45, 7) is 6.39. The minimum absolute atomic E-state index is 0.228. The normalized spacial score (nSPS) is 12.2. The van der Waals surface area contributed by atoms with Crippen LogP contribution in [-0.2, 0) is 4.74 Å². The molecule has 1 atom stereocenters. The summed E-state index contributed by atoms with van der Waals surface area (Å²) in [5.41, 5.74) is 0. The summed E-state index contributed by atoms with van der Waals surface area (Å²) in [5.74, 6) is -0.267. The van der Waals surface area contributed by atoms with Crippen LogP contribution in [-0.4, -0.2) is 31.2 Å². The number of fused-ring (bicyclic) bond motifs is 1. The second-order valence-corrected chi connectivity index (χ2v) is 7.25. The zero-order chi connectivity index (χ0) is 18.4. The van der Waals surface area contributed by atoms with E-state index in [1.165, 1.54) is 17.4 Å². The number of carbonyl (C=O) groups is 2. The summed E-state index contributed by atoms with van der Waals surface area (Å²) < 4.78 is 19.4. The summed E-state index contributed by atoms with van der Waals surface area (Å²) in [6, 6.07) is 6.11. The predicted molar refractivity (Wildman–Crippen MR) is 97.5 cm³/mol. The first-order valence-electron chi connectivity index (χ1n) is 8.30. The predicted octanol–water partition coefficient (Wildman–Crippen LogP) is 3.93. The second kappa shape index (κ2) is 8.80. The summed E-state index contributed by atoms with van der Waals surface area (Å²) in [7, 11) is 0. The van der Waals surface area contributed by atoms with Gasteiger partial charge in [0.1, 0.15) is 5.82 Å². The topological polar surface area (TPSA) is 67.4 Å². The van der Waals surface area contributed by atoms with Crippen molar-refractivity contribution in [1.29, 1.82) is 0 Å². The Hall–Kier alpha value is -2.15. The Morgan fingerprint density at radius 3 is 2.72 bits per heavy atom. The molecule has 0 aliphatic carbocycles. The van der Waals surface area contributed by atoms with E-state index in [4.69, 9.17) is 4.74 Å². The molecule has 0 radical (unpaired) electrons. The van der Waals surface area contributed by atoms with Gasteiger partial charge in [0.25, 0.3) is 5.91 Å². The number of hydrogen-bond acceptors (Lipinski definition) is 4. The van der Waals surface area contributed by atoms with Crippen LogP contribution >= 0.6 is 11.3 Å². The van der Waals surface area contributed by atoms with Gasteiger partial charge in [-0.1, -0.05) is 19.9 Å². The molecule has 0 aliphatic rings. The third kappa shape index (κ3) is 5.42. The molecule has 1 unspecified atom stereocenters. The third-order valence-electron chi connectivity index (χ3n) is 3.59. The van der Waals surface area contributed by atoms with Gasteiger partial charge < -0.3 is 15.4 Å². The molecule has 0 bridgehead atoms. The van der Waals surface area contributed by atoms with Crippen LogP contribution in [0.1, 0.15) is 36.9 Å². The first-order valence-corrected chi connectivity index (χ1v) is 9.11. The average molecular weight is 366 g/mol. The average Bonchev–Trinajstić information content (AvgIpc) is 2.97. The molecule has 0 fully saturated rings. The van der Waals surface area contributed by atoms with Crippen molar-refractivity contribution in [3.63, 3.8) is 0 Å². The van der Waals surface area contributed by atoms with Gasteiger partial charge in [-0.25, -0.2) is 9.18 Å². The molecule has 0 saturated carbocycles. The van der Waals surface area contributed by atoms with E-state index in [0.717, 1.165) is 4.70 Å². The Labute approximate surface area is 150 Å². The highest BCUT2D eigenvalue weighted by Gasteiger charge is 2.18. The highest BCUT2D eigenvalue weighted by molar-refractivity contribution is 7.20. The zero-order valence-corrected chi connectivity index (χ0v) is 15.4. The first-order chi connectivity index (χ1) is 11.9. The molecule has 1 heterocycles. The van der Waals surface area contributed by atoms with E-state index in [9.17, 15) is 14.0 Å². The summed E-state index contributed by atoms with van der Waals surface area (Å²) in [4.78, 5) is 24.4. The maximum absolute atomic E-state index is 13.8. The van der Waals surface area contributed by atoms with Crippen LogP contribution < -0.4 is 10.6 Å². The number of rotatable bonds is 7. The van der Waals surface area contributed by atoms with E-state index < -0.39 is 6.09 Å². The lowest BCUT2D eigenvalue weighted by atomic mass is 10.0. The van der Waals surface area contributed by atoms with Crippen molar-refractivity contribution in [3.8, 4) is 0 Å². The fourth-order valence-corrected chi connectivity index (χ4v) is 3.53. The number of alkyl carbamates (subject to hydrolysis) is 1. The quantitative estimate of drug-likeness (QED) is 0.780. The van der Waals surface area contributed by atoms with Gasteiger partial charge in [0.05, 0.1) is 11.5 Å². The van der Waals surface area contributed by atoms with Gasteiger partial charge in [-0.15, -0.1) is 11.3 Å². The Morgan fingerprint density at radius 1 is 1.32 bits per heavy atom. The van der Waals surface area contributed by atoms with Crippen LogP contribution in [0.2, 0.25) is 0 Å². The first kappa shape index (κ1) is 19.2. The summed E-state index contributed by atoms with van der Waals surface area (Å²) >= 11 is 1.24. The molecule has 0 saturated heterocycles. The van der Waals surface area contributed by atoms with Crippen LogP contribution in [0.15, 0.2) is 24.3 Å². The van der Waals surface area contributed by atoms with Crippen molar-refractivity contribution in [2.75, 3.05) is 13.2 Å². The fraction of sp³-hybridized carbons (Fsp3) is 0.444. The van der Waals surface area contributed by atoms with Crippen LogP contribution in [0, 0.1) is 11.7 Å². The van der Waals surface area contributed by atoms with Gasteiger partial charge in [-0.3, -0.25) is 4.79 Å². The highest BCUT2D eigenvalue weighted by atomic mass is 32.1. The van der Waals surface area contributed by atoms with Crippen molar-refractivity contribution in [2.45, 2.75) is 33.2 Å².